The zero-order valence-electron chi connectivity index (χ0n) is 19.8. The number of hydrogen-bond donors (Lipinski definition) is 2. The molecule has 0 saturated carbocycles. The molecule has 3 heterocycles. The van der Waals surface area contributed by atoms with Gasteiger partial charge >= 0.3 is 0 Å². The molecule has 0 aliphatic carbocycles. The van der Waals surface area contributed by atoms with Crippen molar-refractivity contribution in [2.24, 2.45) is 0 Å². The van der Waals surface area contributed by atoms with E-state index in [-0.39, 0.29) is 30.0 Å². The van der Waals surface area contributed by atoms with Gasteiger partial charge in [0.1, 0.15) is 17.2 Å². The summed E-state index contributed by atoms with van der Waals surface area (Å²) in [5.74, 6) is -0.453. The third kappa shape index (κ3) is 4.55. The highest BCUT2D eigenvalue weighted by molar-refractivity contribution is 6.07. The lowest BCUT2D eigenvalue weighted by molar-refractivity contribution is 0.0949. The summed E-state index contributed by atoms with van der Waals surface area (Å²) in [7, 11) is 0. The predicted octanol–water partition coefficient (Wildman–Crippen LogP) is 4.47. The van der Waals surface area contributed by atoms with E-state index in [0.717, 1.165) is 32.5 Å². The van der Waals surface area contributed by atoms with Crippen molar-refractivity contribution in [2.45, 2.75) is 32.7 Å². The van der Waals surface area contributed by atoms with Gasteiger partial charge in [-0.2, -0.15) is 4.98 Å². The third-order valence-corrected chi connectivity index (χ3v) is 6.73. The van der Waals surface area contributed by atoms with Crippen LogP contribution in [0.25, 0.3) is 11.3 Å². The maximum atomic E-state index is 14.8. The van der Waals surface area contributed by atoms with Gasteiger partial charge in [0, 0.05) is 24.7 Å². The average Bonchev–Trinajstić information content (AvgIpc) is 2.85. The molecule has 3 aromatic rings. The number of aryl methyl sites for hydroxylation is 1. The van der Waals surface area contributed by atoms with Crippen molar-refractivity contribution in [1.29, 1.82) is 0 Å². The average molecular weight is 479 g/mol. The first kappa shape index (κ1) is 23.2. The number of halogens is 2. The fraction of sp³-hybridized carbons (Fsp3) is 0.346. The van der Waals surface area contributed by atoms with Crippen molar-refractivity contribution in [3.8, 4) is 11.3 Å². The van der Waals surface area contributed by atoms with Gasteiger partial charge in [-0.25, -0.2) is 13.8 Å². The molecule has 2 aliphatic rings. The molecule has 0 atom stereocenters. The van der Waals surface area contributed by atoms with E-state index in [0.29, 0.717) is 34.3 Å². The van der Waals surface area contributed by atoms with Gasteiger partial charge < -0.3 is 20.4 Å². The molecular formula is C26H28F2N6O. The number of aromatic nitrogens is 2. The van der Waals surface area contributed by atoms with Crippen LogP contribution in [0.2, 0.25) is 0 Å². The standard InChI is InChI=1S/C26H28F2N6O/c1-3-33-12-10-18(11-13-33)30-26-31-23(19-9-8-17(27)14-16(19)2)22-24(32-26)34(15-29-25(22)35)21-7-5-4-6-20(21)28/h4-9,14,18H,3,10-13,15H2,1-2H3,(H,29,35)(H,30,31,32). The molecule has 1 fully saturated rings. The molecule has 5 rings (SSSR count). The van der Waals surface area contributed by atoms with E-state index in [1.807, 2.05) is 0 Å². The van der Waals surface area contributed by atoms with Crippen molar-refractivity contribution in [1.82, 2.24) is 20.2 Å². The van der Waals surface area contributed by atoms with Crippen molar-refractivity contribution in [3.63, 3.8) is 0 Å². The van der Waals surface area contributed by atoms with Crippen LogP contribution in [0.15, 0.2) is 42.5 Å². The lowest BCUT2D eigenvalue weighted by Crippen LogP contribution is -2.43. The molecule has 1 aromatic heterocycles. The van der Waals surface area contributed by atoms with Crippen molar-refractivity contribution >= 4 is 23.4 Å². The highest BCUT2D eigenvalue weighted by Gasteiger charge is 2.32. The molecule has 7 nitrogen and oxygen atoms in total. The Labute approximate surface area is 203 Å². The van der Waals surface area contributed by atoms with Gasteiger partial charge in [0.05, 0.1) is 18.1 Å². The highest BCUT2D eigenvalue weighted by Crippen LogP contribution is 2.37. The number of para-hydroxylation sites is 1. The molecular weight excluding hydrogens is 450 g/mol. The van der Waals surface area contributed by atoms with Crippen molar-refractivity contribution in [3.05, 3.63) is 65.2 Å². The maximum Gasteiger partial charge on any atom is 0.258 e. The minimum absolute atomic E-state index is 0.0694. The van der Waals surface area contributed by atoms with E-state index in [2.05, 4.69) is 22.5 Å². The van der Waals surface area contributed by atoms with Crippen LogP contribution in [-0.2, 0) is 0 Å². The summed E-state index contributed by atoms with van der Waals surface area (Å²) in [6, 6.07) is 10.9. The Bertz CT molecular complexity index is 1260. The van der Waals surface area contributed by atoms with E-state index >= 15 is 0 Å². The normalized spacial score (nSPS) is 16.7. The molecule has 35 heavy (non-hydrogen) atoms. The molecule has 0 radical (unpaired) electrons. The number of hydrogen-bond acceptors (Lipinski definition) is 6. The molecule has 0 unspecified atom stereocenters. The molecule has 1 amide bonds. The van der Waals surface area contributed by atoms with Gasteiger partial charge in [-0.3, -0.25) is 4.79 Å². The number of anilines is 3. The highest BCUT2D eigenvalue weighted by atomic mass is 19.1. The molecule has 182 valence electrons. The van der Waals surface area contributed by atoms with E-state index in [1.54, 1.807) is 36.1 Å². The van der Waals surface area contributed by atoms with Gasteiger partial charge in [-0.15, -0.1) is 0 Å². The van der Waals surface area contributed by atoms with E-state index in [9.17, 15) is 13.6 Å². The smallest absolute Gasteiger partial charge is 0.258 e. The van der Waals surface area contributed by atoms with Crippen LogP contribution in [-0.4, -0.2) is 53.1 Å². The Morgan fingerprint density at radius 3 is 2.60 bits per heavy atom. The van der Waals surface area contributed by atoms with Gasteiger partial charge in [-0.1, -0.05) is 19.1 Å². The number of benzene rings is 2. The van der Waals surface area contributed by atoms with Gasteiger partial charge in [0.15, 0.2) is 5.82 Å². The fourth-order valence-electron chi connectivity index (χ4n) is 4.77. The lowest BCUT2D eigenvalue weighted by atomic mass is 9.99. The summed E-state index contributed by atoms with van der Waals surface area (Å²) in [6.45, 7) is 6.97. The Morgan fingerprint density at radius 2 is 1.89 bits per heavy atom. The quantitative estimate of drug-likeness (QED) is 0.564. The van der Waals surface area contributed by atoms with Crippen LogP contribution in [0.4, 0.5) is 26.2 Å². The number of piperidine rings is 1. The summed E-state index contributed by atoms with van der Waals surface area (Å²) in [6.07, 6.45) is 1.88. The van der Waals surface area contributed by atoms with Gasteiger partial charge in [0.2, 0.25) is 5.95 Å². The van der Waals surface area contributed by atoms with Crippen LogP contribution in [0.1, 0.15) is 35.7 Å². The number of fused-ring (bicyclic) bond motifs is 1. The number of likely N-dealkylation sites (tertiary alicyclic amines) is 1. The summed E-state index contributed by atoms with van der Waals surface area (Å²) in [4.78, 5) is 26.6. The van der Waals surface area contributed by atoms with Crippen molar-refractivity contribution in [2.75, 3.05) is 36.5 Å². The van der Waals surface area contributed by atoms with Crippen LogP contribution in [0.5, 0.6) is 0 Å². The van der Waals surface area contributed by atoms with Crippen molar-refractivity contribution < 1.29 is 13.6 Å². The molecule has 2 aliphatic heterocycles. The minimum Gasteiger partial charge on any atom is -0.351 e. The van der Waals surface area contributed by atoms with E-state index in [1.165, 1.54) is 18.2 Å². The monoisotopic (exact) mass is 478 g/mol. The van der Waals surface area contributed by atoms with E-state index in [4.69, 9.17) is 9.97 Å². The summed E-state index contributed by atoms with van der Waals surface area (Å²) >= 11 is 0. The topological polar surface area (TPSA) is 73.4 Å². The molecule has 2 N–H and O–H groups in total. The second-order valence-corrected chi connectivity index (χ2v) is 8.95. The zero-order chi connectivity index (χ0) is 24.5. The molecule has 0 spiro atoms. The molecule has 0 bridgehead atoms. The second-order valence-electron chi connectivity index (χ2n) is 8.95. The number of amides is 1. The first-order valence-electron chi connectivity index (χ1n) is 11.9. The third-order valence-electron chi connectivity index (χ3n) is 6.73. The van der Waals surface area contributed by atoms with Crippen LogP contribution < -0.4 is 15.5 Å². The van der Waals surface area contributed by atoms with E-state index < -0.39 is 5.82 Å². The first-order valence-corrected chi connectivity index (χ1v) is 11.9. The number of nitrogens with zero attached hydrogens (tertiary/aromatic N) is 4. The number of rotatable bonds is 5. The lowest BCUT2D eigenvalue weighted by Gasteiger charge is -2.33. The van der Waals surface area contributed by atoms with Crippen LogP contribution >= 0.6 is 0 Å². The molecule has 1 saturated heterocycles. The maximum absolute atomic E-state index is 14.8. The summed E-state index contributed by atoms with van der Waals surface area (Å²) < 4.78 is 28.7. The largest absolute Gasteiger partial charge is 0.351 e. The predicted molar refractivity (Wildman–Crippen MR) is 132 cm³/mol. The Kier molecular flexibility index (Phi) is 6.34. The summed E-state index contributed by atoms with van der Waals surface area (Å²) in [5, 5.41) is 6.25. The number of carbonyl (C=O) groups is 1. The number of carbonyl (C=O) groups excluding carboxylic acids is 1. The van der Waals surface area contributed by atoms with Gasteiger partial charge in [0.25, 0.3) is 5.91 Å². The minimum atomic E-state index is -0.422. The molecule has 2 aromatic carbocycles. The summed E-state index contributed by atoms with van der Waals surface area (Å²) in [5.41, 5.74) is 2.19. The second kappa shape index (κ2) is 9.58. The number of nitrogens with one attached hydrogen (secondary N) is 2. The zero-order valence-corrected chi connectivity index (χ0v) is 19.8. The fourth-order valence-corrected chi connectivity index (χ4v) is 4.77. The van der Waals surface area contributed by atoms with Crippen LogP contribution in [0, 0.1) is 18.6 Å². The Morgan fingerprint density at radius 1 is 1.11 bits per heavy atom. The Balaban J connectivity index is 1.63. The first-order chi connectivity index (χ1) is 16.9. The Hall–Kier alpha value is -3.59. The SMILES string of the molecule is CCN1CCC(Nc2nc(-c3ccc(F)cc3C)c3c(n2)N(c2ccccc2F)CNC3=O)CC1. The van der Waals surface area contributed by atoms with Crippen LogP contribution in [0.3, 0.4) is 0 Å². The molecule has 9 heteroatoms. The van der Waals surface area contributed by atoms with Gasteiger partial charge in [-0.05, 0) is 62.2 Å².